The lowest BCUT2D eigenvalue weighted by molar-refractivity contribution is 0.0519. The summed E-state index contributed by atoms with van der Waals surface area (Å²) in [6, 6.07) is 0. The van der Waals surface area contributed by atoms with Gasteiger partial charge in [0.05, 0.1) is 6.61 Å². The van der Waals surface area contributed by atoms with Crippen LogP contribution in [0, 0.1) is 0 Å². The second kappa shape index (κ2) is 6.02. The van der Waals surface area contributed by atoms with Crippen molar-refractivity contribution in [1.29, 1.82) is 0 Å². The number of ether oxygens (including phenoxy) is 2. The Morgan fingerprint density at radius 1 is 1.67 bits per heavy atom. The van der Waals surface area contributed by atoms with E-state index in [0.717, 1.165) is 0 Å². The Labute approximate surface area is 87.6 Å². The lowest BCUT2D eigenvalue weighted by Gasteiger charge is -1.98. The Hall–Kier alpha value is -1.56. The van der Waals surface area contributed by atoms with Gasteiger partial charge in [-0.3, -0.25) is 0 Å². The Kier molecular flexibility index (Phi) is 4.62. The Balaban J connectivity index is 2.45. The number of nitrogens with zero attached hydrogens (tertiary/aromatic N) is 1. The number of hydrogen-bond acceptors (Lipinski definition) is 6. The predicted octanol–water partition coefficient (Wildman–Crippen LogP) is 0.449. The minimum absolute atomic E-state index is 0.0771. The molecule has 0 radical (unpaired) electrons. The molecule has 1 aromatic heterocycles. The molecule has 0 atom stereocenters. The number of carbonyl (C=O) groups is 1. The van der Waals surface area contributed by atoms with Crippen molar-refractivity contribution in [2.75, 3.05) is 26.8 Å². The largest absolute Gasteiger partial charge is 0.461 e. The maximum Gasteiger partial charge on any atom is 0.394 e. The number of esters is 1. The smallest absolute Gasteiger partial charge is 0.394 e. The molecule has 0 spiro atoms. The third-order valence-corrected chi connectivity index (χ3v) is 1.55. The first-order valence-corrected chi connectivity index (χ1v) is 4.68. The normalized spacial score (nSPS) is 10.0. The van der Waals surface area contributed by atoms with Crippen LogP contribution in [0.4, 0.5) is 0 Å². The second-order valence-electron chi connectivity index (χ2n) is 2.67. The van der Waals surface area contributed by atoms with Gasteiger partial charge in [0.15, 0.2) is 5.69 Å². The number of hydrogen-bond donors (Lipinski definition) is 1. The van der Waals surface area contributed by atoms with E-state index in [4.69, 9.17) is 13.9 Å². The van der Waals surface area contributed by atoms with Gasteiger partial charge in [0.2, 0.25) is 0 Å². The van der Waals surface area contributed by atoms with E-state index in [-0.39, 0.29) is 11.8 Å². The van der Waals surface area contributed by atoms with Crippen LogP contribution >= 0.6 is 0 Å². The number of rotatable bonds is 6. The molecule has 84 valence electrons. The van der Waals surface area contributed by atoms with Crippen LogP contribution in [-0.4, -0.2) is 37.8 Å². The monoisotopic (exact) mass is 214 g/mol. The van der Waals surface area contributed by atoms with E-state index < -0.39 is 5.97 Å². The molecule has 0 saturated carbocycles. The first-order chi connectivity index (χ1) is 7.27. The van der Waals surface area contributed by atoms with Gasteiger partial charge < -0.3 is 19.2 Å². The lowest BCUT2D eigenvalue weighted by atomic mass is 10.5. The minimum atomic E-state index is -0.510. The van der Waals surface area contributed by atoms with Gasteiger partial charge in [-0.15, -0.1) is 0 Å². The molecule has 0 amide bonds. The van der Waals surface area contributed by atoms with Crippen molar-refractivity contribution in [1.82, 2.24) is 10.3 Å². The number of likely N-dealkylation sites (N-methyl/N-ethyl adjacent to an activating group) is 1. The summed E-state index contributed by atoms with van der Waals surface area (Å²) < 4.78 is 14.8. The molecular formula is C9H14N2O4. The maximum atomic E-state index is 11.2. The van der Waals surface area contributed by atoms with Crippen LogP contribution in [0.1, 0.15) is 17.4 Å². The van der Waals surface area contributed by atoms with E-state index in [1.807, 2.05) is 7.05 Å². The fourth-order valence-corrected chi connectivity index (χ4v) is 0.863. The minimum Gasteiger partial charge on any atom is -0.461 e. The van der Waals surface area contributed by atoms with Crippen molar-refractivity contribution in [2.24, 2.45) is 0 Å². The van der Waals surface area contributed by atoms with Gasteiger partial charge in [-0.2, -0.15) is 4.98 Å². The lowest BCUT2D eigenvalue weighted by Crippen LogP contribution is -2.16. The van der Waals surface area contributed by atoms with Gasteiger partial charge in [0, 0.05) is 6.54 Å². The summed E-state index contributed by atoms with van der Waals surface area (Å²) in [5.41, 5.74) is 0.122. The molecule has 6 nitrogen and oxygen atoms in total. The van der Waals surface area contributed by atoms with Gasteiger partial charge in [-0.25, -0.2) is 4.79 Å². The molecule has 1 N–H and O–H groups in total. The summed E-state index contributed by atoms with van der Waals surface area (Å²) >= 11 is 0. The average molecular weight is 214 g/mol. The standard InChI is InChI=1S/C9H14N2O4/c1-3-13-8(12)7-6-15-9(11-7)14-5-4-10-2/h6,10H,3-5H2,1-2H3. The first kappa shape index (κ1) is 11.5. The Morgan fingerprint density at radius 2 is 2.47 bits per heavy atom. The van der Waals surface area contributed by atoms with Crippen LogP contribution < -0.4 is 10.1 Å². The molecule has 6 heteroatoms. The van der Waals surface area contributed by atoms with Crippen molar-refractivity contribution >= 4 is 5.97 Å². The van der Waals surface area contributed by atoms with E-state index in [9.17, 15) is 4.79 Å². The topological polar surface area (TPSA) is 73.6 Å². The molecular weight excluding hydrogens is 200 g/mol. The zero-order valence-electron chi connectivity index (χ0n) is 8.78. The summed E-state index contributed by atoms with van der Waals surface area (Å²) in [4.78, 5) is 15.0. The molecule has 1 heterocycles. The predicted molar refractivity (Wildman–Crippen MR) is 51.9 cm³/mol. The van der Waals surface area contributed by atoms with Crippen molar-refractivity contribution in [3.05, 3.63) is 12.0 Å². The Bertz CT molecular complexity index is 311. The molecule has 0 aliphatic heterocycles. The number of aromatic nitrogens is 1. The molecule has 1 rings (SSSR count). The van der Waals surface area contributed by atoms with Crippen molar-refractivity contribution < 1.29 is 18.7 Å². The summed E-state index contributed by atoms with van der Waals surface area (Å²) in [5, 5.41) is 2.90. The van der Waals surface area contributed by atoms with E-state index in [1.54, 1.807) is 6.92 Å². The fourth-order valence-electron chi connectivity index (χ4n) is 0.863. The van der Waals surface area contributed by atoms with Crippen LogP contribution in [0.5, 0.6) is 6.08 Å². The van der Waals surface area contributed by atoms with Crippen LogP contribution in [0.15, 0.2) is 10.7 Å². The third kappa shape index (κ3) is 3.59. The summed E-state index contributed by atoms with van der Waals surface area (Å²) in [7, 11) is 1.81. The number of carbonyl (C=O) groups excluding carboxylic acids is 1. The Morgan fingerprint density at radius 3 is 3.13 bits per heavy atom. The van der Waals surface area contributed by atoms with Crippen molar-refractivity contribution in [3.63, 3.8) is 0 Å². The SMILES string of the molecule is CCOC(=O)c1coc(OCCNC)n1. The molecule has 15 heavy (non-hydrogen) atoms. The molecule has 0 aliphatic carbocycles. The number of nitrogens with one attached hydrogen (secondary N) is 1. The highest BCUT2D eigenvalue weighted by atomic mass is 16.6. The summed E-state index contributed by atoms with van der Waals surface area (Å²) in [5.74, 6) is -0.510. The highest BCUT2D eigenvalue weighted by Gasteiger charge is 2.13. The molecule has 0 unspecified atom stereocenters. The second-order valence-corrected chi connectivity index (χ2v) is 2.67. The molecule has 0 bridgehead atoms. The molecule has 0 aliphatic rings. The van der Waals surface area contributed by atoms with Gasteiger partial charge in [0.25, 0.3) is 0 Å². The first-order valence-electron chi connectivity index (χ1n) is 4.68. The fraction of sp³-hybridized carbons (Fsp3) is 0.556. The average Bonchev–Trinajstić information content (AvgIpc) is 2.67. The van der Waals surface area contributed by atoms with E-state index in [2.05, 4.69) is 10.3 Å². The zero-order valence-corrected chi connectivity index (χ0v) is 8.78. The van der Waals surface area contributed by atoms with Gasteiger partial charge in [0.1, 0.15) is 12.9 Å². The van der Waals surface area contributed by atoms with Crippen LogP contribution in [0.2, 0.25) is 0 Å². The van der Waals surface area contributed by atoms with E-state index >= 15 is 0 Å². The molecule has 1 aromatic rings. The maximum absolute atomic E-state index is 11.2. The highest BCUT2D eigenvalue weighted by molar-refractivity contribution is 5.86. The van der Waals surface area contributed by atoms with Crippen LogP contribution in [0.25, 0.3) is 0 Å². The van der Waals surface area contributed by atoms with Crippen LogP contribution in [-0.2, 0) is 4.74 Å². The third-order valence-electron chi connectivity index (χ3n) is 1.55. The van der Waals surface area contributed by atoms with Gasteiger partial charge in [-0.05, 0) is 14.0 Å². The van der Waals surface area contributed by atoms with E-state index in [0.29, 0.717) is 19.8 Å². The van der Waals surface area contributed by atoms with Crippen molar-refractivity contribution in [3.8, 4) is 6.08 Å². The summed E-state index contributed by atoms with van der Waals surface area (Å²) in [6.07, 6.45) is 1.29. The van der Waals surface area contributed by atoms with E-state index in [1.165, 1.54) is 6.26 Å². The van der Waals surface area contributed by atoms with Gasteiger partial charge >= 0.3 is 12.0 Å². The van der Waals surface area contributed by atoms with Gasteiger partial charge in [-0.1, -0.05) is 0 Å². The van der Waals surface area contributed by atoms with Crippen molar-refractivity contribution in [2.45, 2.75) is 6.92 Å². The highest BCUT2D eigenvalue weighted by Crippen LogP contribution is 2.10. The zero-order chi connectivity index (χ0) is 11.1. The molecule has 0 aromatic carbocycles. The summed E-state index contributed by atoms with van der Waals surface area (Å²) in [6.45, 7) is 3.14. The molecule has 0 saturated heterocycles. The molecule has 0 fully saturated rings. The number of oxazole rings is 1. The quantitative estimate of drug-likeness (QED) is 0.547. The van der Waals surface area contributed by atoms with Crippen LogP contribution in [0.3, 0.4) is 0 Å².